The van der Waals surface area contributed by atoms with Crippen LogP contribution in [0.3, 0.4) is 0 Å². The number of amides is 1. The van der Waals surface area contributed by atoms with Crippen LogP contribution < -0.4 is 9.80 Å². The molecule has 1 unspecified atom stereocenters. The van der Waals surface area contributed by atoms with Crippen molar-refractivity contribution in [1.29, 1.82) is 0 Å². The van der Waals surface area contributed by atoms with Crippen LogP contribution in [0.1, 0.15) is 25.0 Å². The monoisotopic (exact) mass is 338 g/mol. The lowest BCUT2D eigenvalue weighted by Gasteiger charge is -2.33. The smallest absolute Gasteiger partial charge is 0.311 e. The van der Waals surface area contributed by atoms with Crippen LogP contribution in [0.2, 0.25) is 0 Å². The molecular weight excluding hydrogens is 316 g/mol. The second kappa shape index (κ2) is 5.76. The molecule has 2 aromatic carbocycles. The number of esters is 1. The zero-order chi connectivity index (χ0) is 17.7. The molecule has 0 bridgehead atoms. The van der Waals surface area contributed by atoms with Crippen molar-refractivity contribution in [3.8, 4) is 0 Å². The number of benzene rings is 2. The second-order valence-electron chi connectivity index (χ2n) is 6.87. The second-order valence-corrected chi connectivity index (χ2v) is 6.87. The van der Waals surface area contributed by atoms with Gasteiger partial charge in [0.1, 0.15) is 0 Å². The van der Waals surface area contributed by atoms with Gasteiger partial charge in [0.15, 0.2) is 0 Å². The Morgan fingerprint density at radius 2 is 2.08 bits per heavy atom. The maximum atomic E-state index is 12.3. The first-order chi connectivity index (χ1) is 12.0. The molecule has 5 heteroatoms. The van der Waals surface area contributed by atoms with Crippen molar-refractivity contribution < 1.29 is 14.3 Å². The van der Waals surface area contributed by atoms with Crippen LogP contribution in [0.4, 0.5) is 11.4 Å². The van der Waals surface area contributed by atoms with Gasteiger partial charge in [-0.3, -0.25) is 9.59 Å². The third kappa shape index (κ3) is 2.37. The number of carbonyl (C=O) groups excluding carboxylic acids is 2. The predicted octanol–water partition coefficient (Wildman–Crippen LogP) is 2.88. The number of carbonyl (C=O) groups is 2. The Kier molecular flexibility index (Phi) is 3.67. The van der Waals surface area contributed by atoms with E-state index in [0.717, 1.165) is 22.1 Å². The Balaban J connectivity index is 1.86. The molecule has 1 amide bonds. The van der Waals surface area contributed by atoms with Gasteiger partial charge in [-0.1, -0.05) is 12.1 Å². The molecular formula is C20H22N2O3. The number of hydrogen-bond donors (Lipinski definition) is 0. The molecule has 2 aromatic rings. The molecule has 0 N–H and O–H groups in total. The van der Waals surface area contributed by atoms with Gasteiger partial charge in [-0.2, -0.15) is 0 Å². The Bertz CT molecular complexity index is 890. The molecule has 4 rings (SSSR count). The number of nitrogens with zero attached hydrogens (tertiary/aromatic N) is 2. The maximum Gasteiger partial charge on any atom is 0.311 e. The van der Waals surface area contributed by atoms with Crippen molar-refractivity contribution in [2.24, 2.45) is 5.92 Å². The standard InChI is InChI=1S/C20H22N2O3/c1-4-25-20(24)14-8-16-15-6-5-7-17-19(15)13(11-22(17)12(2)23)9-18(16)21(3)10-14/h5-7,9,14H,4,8,10-11H2,1-3H3. The molecule has 2 heterocycles. The van der Waals surface area contributed by atoms with Crippen LogP contribution in [-0.2, 0) is 27.3 Å². The van der Waals surface area contributed by atoms with E-state index >= 15 is 0 Å². The number of rotatable bonds is 2. The summed E-state index contributed by atoms with van der Waals surface area (Å²) in [5.74, 6) is -0.229. The summed E-state index contributed by atoms with van der Waals surface area (Å²) < 4.78 is 5.25. The van der Waals surface area contributed by atoms with Crippen molar-refractivity contribution in [3.05, 3.63) is 35.4 Å². The van der Waals surface area contributed by atoms with Crippen LogP contribution in [-0.4, -0.2) is 32.1 Å². The lowest BCUT2D eigenvalue weighted by Crippen LogP contribution is -2.37. The average Bonchev–Trinajstić information content (AvgIpc) is 2.96. The van der Waals surface area contributed by atoms with E-state index in [-0.39, 0.29) is 17.8 Å². The highest BCUT2D eigenvalue weighted by Gasteiger charge is 2.33. The van der Waals surface area contributed by atoms with Crippen LogP contribution in [0.25, 0.3) is 10.8 Å². The minimum Gasteiger partial charge on any atom is -0.466 e. The lowest BCUT2D eigenvalue weighted by molar-refractivity contribution is -0.147. The van der Waals surface area contributed by atoms with E-state index in [1.165, 1.54) is 11.1 Å². The molecule has 0 saturated carbocycles. The van der Waals surface area contributed by atoms with Crippen molar-refractivity contribution in [2.75, 3.05) is 30.0 Å². The Labute approximate surface area is 147 Å². The third-order valence-electron chi connectivity index (χ3n) is 5.28. The molecule has 130 valence electrons. The summed E-state index contributed by atoms with van der Waals surface area (Å²) in [4.78, 5) is 28.2. The average molecular weight is 338 g/mol. The van der Waals surface area contributed by atoms with Gasteiger partial charge in [0.05, 0.1) is 24.8 Å². The molecule has 25 heavy (non-hydrogen) atoms. The van der Waals surface area contributed by atoms with Crippen molar-refractivity contribution in [1.82, 2.24) is 0 Å². The molecule has 0 fully saturated rings. The first kappa shape index (κ1) is 15.9. The van der Waals surface area contributed by atoms with Gasteiger partial charge in [0, 0.05) is 31.6 Å². The fourth-order valence-corrected chi connectivity index (χ4v) is 4.19. The van der Waals surface area contributed by atoms with Gasteiger partial charge < -0.3 is 14.5 Å². The van der Waals surface area contributed by atoms with E-state index in [2.05, 4.69) is 17.0 Å². The zero-order valence-electron chi connectivity index (χ0n) is 14.8. The zero-order valence-corrected chi connectivity index (χ0v) is 14.8. The number of hydrogen-bond acceptors (Lipinski definition) is 4. The first-order valence-electron chi connectivity index (χ1n) is 8.74. The van der Waals surface area contributed by atoms with Crippen molar-refractivity contribution in [2.45, 2.75) is 26.8 Å². The van der Waals surface area contributed by atoms with Gasteiger partial charge in [-0.25, -0.2) is 0 Å². The fourth-order valence-electron chi connectivity index (χ4n) is 4.19. The van der Waals surface area contributed by atoms with Crippen LogP contribution in [0, 0.1) is 5.92 Å². The fraction of sp³-hybridized carbons (Fsp3) is 0.400. The van der Waals surface area contributed by atoms with Crippen molar-refractivity contribution in [3.63, 3.8) is 0 Å². The summed E-state index contributed by atoms with van der Waals surface area (Å²) in [5.41, 5.74) is 4.49. The van der Waals surface area contributed by atoms with E-state index < -0.39 is 0 Å². The molecule has 2 aliphatic rings. The minimum absolute atomic E-state index is 0.0550. The topological polar surface area (TPSA) is 49.9 Å². The highest BCUT2D eigenvalue weighted by Crippen LogP contribution is 2.44. The quantitative estimate of drug-likeness (QED) is 0.790. The molecule has 0 saturated heterocycles. The highest BCUT2D eigenvalue weighted by atomic mass is 16.5. The van der Waals surface area contributed by atoms with Gasteiger partial charge in [-0.15, -0.1) is 0 Å². The van der Waals surface area contributed by atoms with E-state index in [1.54, 1.807) is 6.92 Å². The van der Waals surface area contributed by atoms with E-state index in [9.17, 15) is 9.59 Å². The highest BCUT2D eigenvalue weighted by molar-refractivity contribution is 6.10. The number of fused-ring (bicyclic) bond motifs is 2. The molecule has 1 atom stereocenters. The summed E-state index contributed by atoms with van der Waals surface area (Å²) in [6.07, 6.45) is 0.679. The molecule has 0 aromatic heterocycles. The van der Waals surface area contributed by atoms with E-state index in [4.69, 9.17) is 4.74 Å². The molecule has 5 nitrogen and oxygen atoms in total. The van der Waals surface area contributed by atoms with Crippen LogP contribution in [0.15, 0.2) is 24.3 Å². The molecule has 0 aliphatic carbocycles. The number of ether oxygens (including phenoxy) is 1. The first-order valence-corrected chi connectivity index (χ1v) is 8.74. The Hall–Kier alpha value is -2.56. The summed E-state index contributed by atoms with van der Waals surface area (Å²) in [7, 11) is 2.02. The van der Waals surface area contributed by atoms with Crippen LogP contribution in [0.5, 0.6) is 0 Å². The Morgan fingerprint density at radius 1 is 1.28 bits per heavy atom. The summed E-state index contributed by atoms with van der Waals surface area (Å²) in [6, 6.07) is 8.29. The minimum atomic E-state index is -0.153. The SMILES string of the molecule is CCOC(=O)C1Cc2c(cc3c4c(cccc24)N(C(C)=O)C3)N(C)C1. The molecule has 0 radical (unpaired) electrons. The predicted molar refractivity (Wildman–Crippen MR) is 97.9 cm³/mol. The van der Waals surface area contributed by atoms with Gasteiger partial charge in [0.25, 0.3) is 0 Å². The molecule has 2 aliphatic heterocycles. The summed E-state index contributed by atoms with van der Waals surface area (Å²) in [5, 5.41) is 2.30. The van der Waals surface area contributed by atoms with Crippen LogP contribution >= 0.6 is 0 Å². The number of anilines is 2. The van der Waals surface area contributed by atoms with E-state index in [0.29, 0.717) is 26.1 Å². The Morgan fingerprint density at radius 3 is 2.80 bits per heavy atom. The largest absolute Gasteiger partial charge is 0.466 e. The summed E-state index contributed by atoms with van der Waals surface area (Å²) in [6.45, 7) is 5.13. The van der Waals surface area contributed by atoms with Crippen molar-refractivity contribution >= 4 is 34.0 Å². The lowest BCUT2D eigenvalue weighted by atomic mass is 9.87. The maximum absolute atomic E-state index is 12.3. The van der Waals surface area contributed by atoms with Gasteiger partial charge in [-0.05, 0) is 42.0 Å². The van der Waals surface area contributed by atoms with Gasteiger partial charge >= 0.3 is 5.97 Å². The third-order valence-corrected chi connectivity index (χ3v) is 5.28. The van der Waals surface area contributed by atoms with Gasteiger partial charge in [0.2, 0.25) is 5.91 Å². The summed E-state index contributed by atoms with van der Waals surface area (Å²) >= 11 is 0. The normalized spacial score (nSPS) is 18.4. The molecule has 0 spiro atoms. The van der Waals surface area contributed by atoms with E-state index in [1.807, 2.05) is 31.0 Å².